The van der Waals surface area contributed by atoms with Gasteiger partial charge in [0.1, 0.15) is 0 Å². The molecule has 0 atom stereocenters. The fourth-order valence-corrected chi connectivity index (χ4v) is 1.79. The third kappa shape index (κ3) is 8.14. The molecule has 0 rings (SSSR count). The van der Waals surface area contributed by atoms with Crippen molar-refractivity contribution in [1.82, 2.24) is 0 Å². The molecule has 13 heavy (non-hydrogen) atoms. The highest BCUT2D eigenvalue weighted by Gasteiger charge is 2.14. The minimum Gasteiger partial charge on any atom is -0.330 e. The maximum Gasteiger partial charge on any atom is 0.0683 e. The molecule has 0 heterocycles. The van der Waals surface area contributed by atoms with Crippen molar-refractivity contribution in [2.45, 2.75) is 33.1 Å². The van der Waals surface area contributed by atoms with E-state index >= 15 is 0 Å². The Balaban J connectivity index is 3.22. The zero-order chi connectivity index (χ0) is 10.2. The van der Waals surface area contributed by atoms with Crippen LogP contribution in [0.4, 0.5) is 0 Å². The van der Waals surface area contributed by atoms with Crippen LogP contribution in [0.1, 0.15) is 33.1 Å². The quantitative estimate of drug-likeness (QED) is 0.642. The van der Waals surface area contributed by atoms with E-state index in [1.807, 2.05) is 25.6 Å². The summed E-state index contributed by atoms with van der Waals surface area (Å²) in [5.41, 5.74) is 5.23. The van der Waals surface area contributed by atoms with Gasteiger partial charge in [0.2, 0.25) is 0 Å². The fourth-order valence-electron chi connectivity index (χ4n) is 1.01. The molecular formula is C10H20N2S. The van der Waals surface area contributed by atoms with Gasteiger partial charge in [-0.15, -0.1) is 0 Å². The molecule has 0 amide bonds. The Bertz CT molecular complexity index is 161. The van der Waals surface area contributed by atoms with Crippen LogP contribution in [-0.4, -0.2) is 18.1 Å². The second-order valence-electron chi connectivity index (χ2n) is 3.85. The average Bonchev–Trinajstić information content (AvgIpc) is 2.11. The van der Waals surface area contributed by atoms with Crippen LogP contribution >= 0.6 is 11.8 Å². The summed E-state index contributed by atoms with van der Waals surface area (Å²) >= 11 is 1.90. The summed E-state index contributed by atoms with van der Waals surface area (Å²) in [5, 5.41) is 8.76. The van der Waals surface area contributed by atoms with Gasteiger partial charge >= 0.3 is 0 Å². The molecule has 0 aromatic rings. The molecule has 0 bridgehead atoms. The van der Waals surface area contributed by atoms with E-state index in [1.54, 1.807) is 0 Å². The predicted octanol–water partition coefficient (Wildman–Crippen LogP) is 2.40. The van der Waals surface area contributed by atoms with Gasteiger partial charge in [-0.1, -0.05) is 6.42 Å². The summed E-state index contributed by atoms with van der Waals surface area (Å²) in [6.07, 6.45) is 3.36. The van der Waals surface area contributed by atoms with Gasteiger partial charge in [-0.2, -0.15) is 17.0 Å². The van der Waals surface area contributed by atoms with Crippen LogP contribution in [0, 0.1) is 16.7 Å². The molecule has 3 heteroatoms. The molecule has 0 saturated heterocycles. The first-order valence-corrected chi connectivity index (χ1v) is 5.97. The first kappa shape index (κ1) is 12.8. The maximum atomic E-state index is 8.76. The lowest BCUT2D eigenvalue weighted by molar-refractivity contribution is 0.433. The molecule has 0 fully saturated rings. The number of thioether (sulfide) groups is 1. The highest BCUT2D eigenvalue weighted by atomic mass is 32.2. The summed E-state index contributed by atoms with van der Waals surface area (Å²) in [6, 6.07) is 2.32. The van der Waals surface area contributed by atoms with Gasteiger partial charge in [0, 0.05) is 12.3 Å². The largest absolute Gasteiger partial charge is 0.330 e. The minimum atomic E-state index is -0.140. The van der Waals surface area contributed by atoms with E-state index in [9.17, 15) is 0 Å². The normalized spacial score (nSPS) is 11.2. The Labute approximate surface area is 85.9 Å². The van der Waals surface area contributed by atoms with Gasteiger partial charge in [0.05, 0.1) is 11.5 Å². The average molecular weight is 200 g/mol. The van der Waals surface area contributed by atoms with Gasteiger partial charge < -0.3 is 5.73 Å². The number of hydrogen-bond donors (Lipinski definition) is 1. The predicted molar refractivity (Wildman–Crippen MR) is 59.6 cm³/mol. The molecular weight excluding hydrogens is 180 g/mol. The van der Waals surface area contributed by atoms with E-state index in [0.29, 0.717) is 0 Å². The summed E-state index contributed by atoms with van der Waals surface area (Å²) in [7, 11) is 0. The lowest BCUT2D eigenvalue weighted by Crippen LogP contribution is -2.07. The first-order chi connectivity index (χ1) is 6.12. The van der Waals surface area contributed by atoms with Crippen molar-refractivity contribution >= 4 is 11.8 Å². The number of nitrogens with zero attached hydrogens (tertiary/aromatic N) is 1. The number of unbranched alkanes of at least 4 members (excludes halogenated alkanes) is 1. The highest BCUT2D eigenvalue weighted by Crippen LogP contribution is 2.22. The van der Waals surface area contributed by atoms with Crippen LogP contribution in [0.3, 0.4) is 0 Å². The van der Waals surface area contributed by atoms with Crippen LogP contribution in [0.25, 0.3) is 0 Å². The zero-order valence-electron chi connectivity index (χ0n) is 8.68. The lowest BCUT2D eigenvalue weighted by Gasteiger charge is -2.13. The van der Waals surface area contributed by atoms with E-state index in [4.69, 9.17) is 11.0 Å². The molecule has 2 N–H and O–H groups in total. The van der Waals surface area contributed by atoms with E-state index < -0.39 is 0 Å². The Hall–Kier alpha value is -0.200. The van der Waals surface area contributed by atoms with Crippen molar-refractivity contribution in [2.75, 3.05) is 18.1 Å². The molecule has 2 nitrogen and oxygen atoms in total. The molecule has 0 spiro atoms. The van der Waals surface area contributed by atoms with Crippen molar-refractivity contribution < 1.29 is 0 Å². The molecule has 0 aromatic heterocycles. The number of rotatable bonds is 7. The summed E-state index contributed by atoms with van der Waals surface area (Å²) in [4.78, 5) is 0. The van der Waals surface area contributed by atoms with Crippen LogP contribution in [-0.2, 0) is 0 Å². The topological polar surface area (TPSA) is 49.8 Å². The third-order valence-electron chi connectivity index (χ3n) is 1.91. The molecule has 0 unspecified atom stereocenters. The van der Waals surface area contributed by atoms with Crippen molar-refractivity contribution in [3.05, 3.63) is 0 Å². The first-order valence-electron chi connectivity index (χ1n) is 4.81. The zero-order valence-corrected chi connectivity index (χ0v) is 9.49. The fraction of sp³-hybridized carbons (Fsp3) is 0.900. The van der Waals surface area contributed by atoms with Crippen molar-refractivity contribution in [3.63, 3.8) is 0 Å². The number of hydrogen-bond acceptors (Lipinski definition) is 3. The van der Waals surface area contributed by atoms with E-state index in [-0.39, 0.29) is 5.41 Å². The molecule has 0 aromatic carbocycles. The van der Waals surface area contributed by atoms with Crippen LogP contribution in [0.15, 0.2) is 0 Å². The third-order valence-corrected chi connectivity index (χ3v) is 3.01. The van der Waals surface area contributed by atoms with Gasteiger partial charge in [-0.3, -0.25) is 0 Å². The Morgan fingerprint density at radius 2 is 2.00 bits per heavy atom. The summed E-state index contributed by atoms with van der Waals surface area (Å²) in [5.74, 6) is 2.24. The van der Waals surface area contributed by atoms with E-state index in [0.717, 1.165) is 25.1 Å². The van der Waals surface area contributed by atoms with Gasteiger partial charge in [0.15, 0.2) is 0 Å². The van der Waals surface area contributed by atoms with Gasteiger partial charge in [0.25, 0.3) is 0 Å². The molecule has 0 aliphatic carbocycles. The van der Waals surface area contributed by atoms with Crippen molar-refractivity contribution in [2.24, 2.45) is 11.1 Å². The summed E-state index contributed by atoms with van der Waals surface area (Å²) < 4.78 is 0. The van der Waals surface area contributed by atoms with Gasteiger partial charge in [-0.05, 0) is 32.4 Å². The van der Waals surface area contributed by atoms with Gasteiger partial charge in [-0.25, -0.2) is 0 Å². The molecule has 0 aliphatic heterocycles. The maximum absolute atomic E-state index is 8.76. The molecule has 0 saturated carbocycles. The van der Waals surface area contributed by atoms with Crippen LogP contribution in [0.5, 0.6) is 0 Å². The monoisotopic (exact) mass is 200 g/mol. The highest BCUT2D eigenvalue weighted by molar-refractivity contribution is 7.99. The number of nitrogens with two attached hydrogens (primary N) is 1. The van der Waals surface area contributed by atoms with Crippen molar-refractivity contribution in [1.29, 1.82) is 5.26 Å². The second-order valence-corrected chi connectivity index (χ2v) is 5.08. The second kappa shape index (κ2) is 7.23. The molecule has 0 aliphatic rings. The Morgan fingerprint density at radius 1 is 1.31 bits per heavy atom. The summed E-state index contributed by atoms with van der Waals surface area (Å²) in [6.45, 7) is 4.77. The minimum absolute atomic E-state index is 0.140. The molecule has 0 radical (unpaired) electrons. The van der Waals surface area contributed by atoms with Crippen LogP contribution in [0.2, 0.25) is 0 Å². The van der Waals surface area contributed by atoms with E-state index in [1.165, 1.54) is 12.2 Å². The van der Waals surface area contributed by atoms with E-state index in [2.05, 4.69) is 6.07 Å². The molecule has 76 valence electrons. The smallest absolute Gasteiger partial charge is 0.0683 e. The standard InChI is InChI=1S/C10H20N2S/c1-10(2,9-12)5-3-4-7-13-8-6-11/h3-8,11H2,1-2H3. The lowest BCUT2D eigenvalue weighted by atomic mass is 9.89. The van der Waals surface area contributed by atoms with Crippen molar-refractivity contribution in [3.8, 4) is 6.07 Å². The SMILES string of the molecule is CC(C)(C#N)CCCCSCCN. The number of nitriles is 1. The Morgan fingerprint density at radius 3 is 2.54 bits per heavy atom. The Kier molecular flexibility index (Phi) is 7.12. The van der Waals surface area contributed by atoms with Crippen LogP contribution < -0.4 is 5.73 Å².